The molecule has 1 aliphatic rings. The molecule has 2 rings (SSSR count). The molecule has 0 radical (unpaired) electrons. The summed E-state index contributed by atoms with van der Waals surface area (Å²) in [5.74, 6) is -0.118. The maximum Gasteiger partial charge on any atom is 0.157 e. The Morgan fingerprint density at radius 3 is 2.67 bits per heavy atom. The molecule has 0 amide bonds. The fraction of sp³-hybridized carbons (Fsp3) is 0.571. The molecule has 0 aliphatic heterocycles. The molecule has 1 aromatic carbocycles. The van der Waals surface area contributed by atoms with Crippen molar-refractivity contribution in [1.29, 1.82) is 0 Å². The maximum atomic E-state index is 9.38. The molecule has 0 spiro atoms. The van der Waals surface area contributed by atoms with Gasteiger partial charge in [0, 0.05) is 25.7 Å². The Bertz CT molecular complexity index is 391. The molecule has 3 N–H and O–H groups in total. The van der Waals surface area contributed by atoms with Gasteiger partial charge in [-0.1, -0.05) is 13.0 Å². The Morgan fingerprint density at radius 2 is 2.06 bits per heavy atom. The van der Waals surface area contributed by atoms with E-state index in [0.29, 0.717) is 0 Å². The fourth-order valence-corrected chi connectivity index (χ4v) is 2.17. The zero-order chi connectivity index (χ0) is 13.0. The number of rotatable bonds is 7. The highest BCUT2D eigenvalue weighted by Gasteiger charge is 2.26. The van der Waals surface area contributed by atoms with Gasteiger partial charge in [0.15, 0.2) is 11.5 Å². The van der Waals surface area contributed by atoms with Gasteiger partial charge in [-0.15, -0.1) is 0 Å². The molecule has 0 bridgehead atoms. The first-order valence-corrected chi connectivity index (χ1v) is 6.66. The summed E-state index contributed by atoms with van der Waals surface area (Å²) in [4.78, 5) is 2.50. The predicted octanol–water partition coefficient (Wildman–Crippen LogP) is 1.67. The largest absolute Gasteiger partial charge is 0.504 e. The molecule has 1 aromatic rings. The van der Waals surface area contributed by atoms with Gasteiger partial charge < -0.3 is 15.5 Å². The van der Waals surface area contributed by atoms with Gasteiger partial charge in [-0.3, -0.25) is 4.90 Å². The van der Waals surface area contributed by atoms with E-state index in [1.54, 1.807) is 6.07 Å². The quantitative estimate of drug-likeness (QED) is 0.509. The van der Waals surface area contributed by atoms with Crippen LogP contribution in [-0.4, -0.2) is 40.8 Å². The summed E-state index contributed by atoms with van der Waals surface area (Å²) < 4.78 is 0. The number of hydrogen-bond acceptors (Lipinski definition) is 4. The first kappa shape index (κ1) is 13.2. The second kappa shape index (κ2) is 6.07. The number of hydrogen-bond donors (Lipinski definition) is 3. The first-order chi connectivity index (χ1) is 8.70. The molecule has 1 saturated carbocycles. The Morgan fingerprint density at radius 1 is 1.28 bits per heavy atom. The molecule has 0 atom stereocenters. The van der Waals surface area contributed by atoms with Crippen molar-refractivity contribution in [1.82, 2.24) is 10.2 Å². The van der Waals surface area contributed by atoms with Crippen LogP contribution in [0.3, 0.4) is 0 Å². The van der Waals surface area contributed by atoms with Crippen molar-refractivity contribution in [3.05, 3.63) is 23.8 Å². The van der Waals surface area contributed by atoms with Crippen molar-refractivity contribution >= 4 is 0 Å². The molecule has 1 aliphatic carbocycles. The molecule has 0 aromatic heterocycles. The molecule has 4 nitrogen and oxygen atoms in total. The van der Waals surface area contributed by atoms with E-state index in [1.807, 2.05) is 6.07 Å². The smallest absolute Gasteiger partial charge is 0.157 e. The van der Waals surface area contributed by atoms with E-state index in [1.165, 1.54) is 18.9 Å². The molecule has 100 valence electrons. The summed E-state index contributed by atoms with van der Waals surface area (Å²) in [6, 6.07) is 5.76. The van der Waals surface area contributed by atoms with Crippen LogP contribution in [0.2, 0.25) is 0 Å². The molecule has 0 unspecified atom stereocenters. The molecule has 18 heavy (non-hydrogen) atoms. The van der Waals surface area contributed by atoms with Crippen molar-refractivity contribution in [2.75, 3.05) is 19.6 Å². The highest BCUT2D eigenvalue weighted by Crippen LogP contribution is 2.26. The monoisotopic (exact) mass is 250 g/mol. The van der Waals surface area contributed by atoms with Crippen molar-refractivity contribution < 1.29 is 10.2 Å². The highest BCUT2D eigenvalue weighted by molar-refractivity contribution is 5.40. The lowest BCUT2D eigenvalue weighted by atomic mass is 10.2. The van der Waals surface area contributed by atoms with E-state index < -0.39 is 0 Å². The SMILES string of the molecule is CCN(CCNCc1ccc(O)c(O)c1)C1CC1. The highest BCUT2D eigenvalue weighted by atomic mass is 16.3. The minimum absolute atomic E-state index is 0.0533. The van der Waals surface area contributed by atoms with Crippen molar-refractivity contribution in [2.45, 2.75) is 32.4 Å². The summed E-state index contributed by atoms with van der Waals surface area (Å²) in [5.41, 5.74) is 0.986. The predicted molar refractivity (Wildman–Crippen MR) is 71.7 cm³/mol. The molecule has 0 saturated heterocycles. The van der Waals surface area contributed by atoms with Crippen LogP contribution in [-0.2, 0) is 6.54 Å². The third-order valence-electron chi connectivity index (χ3n) is 3.41. The minimum Gasteiger partial charge on any atom is -0.504 e. The standard InChI is InChI=1S/C14H22N2O2/c1-2-16(12-4-5-12)8-7-15-10-11-3-6-13(17)14(18)9-11/h3,6,9,12,15,17-18H,2,4-5,7-8,10H2,1H3. The summed E-state index contributed by atoms with van der Waals surface area (Å²) in [7, 11) is 0. The Kier molecular flexibility index (Phi) is 4.44. The van der Waals surface area contributed by atoms with Gasteiger partial charge in [-0.05, 0) is 37.1 Å². The Balaban J connectivity index is 1.69. The van der Waals surface area contributed by atoms with E-state index >= 15 is 0 Å². The van der Waals surface area contributed by atoms with Crippen LogP contribution in [0.4, 0.5) is 0 Å². The van der Waals surface area contributed by atoms with E-state index in [2.05, 4.69) is 17.1 Å². The van der Waals surface area contributed by atoms with Gasteiger partial charge in [0.2, 0.25) is 0 Å². The number of nitrogens with one attached hydrogen (secondary N) is 1. The number of phenols is 2. The lowest BCUT2D eigenvalue weighted by molar-refractivity contribution is 0.277. The zero-order valence-corrected chi connectivity index (χ0v) is 10.9. The van der Waals surface area contributed by atoms with Crippen LogP contribution >= 0.6 is 0 Å². The van der Waals surface area contributed by atoms with Crippen LogP contribution in [0.25, 0.3) is 0 Å². The second-order valence-electron chi connectivity index (χ2n) is 4.86. The summed E-state index contributed by atoms with van der Waals surface area (Å²) in [6.45, 7) is 6.07. The number of phenolic OH excluding ortho intramolecular Hbond substituents is 2. The number of benzene rings is 1. The average Bonchev–Trinajstić information content (AvgIpc) is 3.18. The van der Waals surface area contributed by atoms with E-state index in [0.717, 1.165) is 37.8 Å². The van der Waals surface area contributed by atoms with Crippen molar-refractivity contribution in [3.63, 3.8) is 0 Å². The molecular formula is C14H22N2O2. The number of nitrogens with zero attached hydrogens (tertiary/aromatic N) is 1. The van der Waals surface area contributed by atoms with Gasteiger partial charge in [-0.2, -0.15) is 0 Å². The van der Waals surface area contributed by atoms with Gasteiger partial charge in [-0.25, -0.2) is 0 Å². The van der Waals surface area contributed by atoms with Gasteiger partial charge in [0.1, 0.15) is 0 Å². The Labute approximate surface area is 108 Å². The van der Waals surface area contributed by atoms with Crippen LogP contribution in [0.15, 0.2) is 18.2 Å². The number of aromatic hydroxyl groups is 2. The zero-order valence-electron chi connectivity index (χ0n) is 10.9. The third kappa shape index (κ3) is 3.62. The molecule has 1 fully saturated rings. The van der Waals surface area contributed by atoms with Crippen LogP contribution in [0.1, 0.15) is 25.3 Å². The maximum absolute atomic E-state index is 9.38. The van der Waals surface area contributed by atoms with Crippen molar-refractivity contribution in [3.8, 4) is 11.5 Å². The van der Waals surface area contributed by atoms with Crippen LogP contribution in [0.5, 0.6) is 11.5 Å². The molecular weight excluding hydrogens is 228 g/mol. The topological polar surface area (TPSA) is 55.7 Å². The lowest BCUT2D eigenvalue weighted by Gasteiger charge is -2.19. The van der Waals surface area contributed by atoms with Gasteiger partial charge >= 0.3 is 0 Å². The van der Waals surface area contributed by atoms with Crippen LogP contribution < -0.4 is 5.32 Å². The number of likely N-dealkylation sites (N-methyl/N-ethyl adjacent to an activating group) is 1. The van der Waals surface area contributed by atoms with E-state index in [9.17, 15) is 10.2 Å². The summed E-state index contributed by atoms with van der Waals surface area (Å²) >= 11 is 0. The average molecular weight is 250 g/mol. The normalized spacial score (nSPS) is 15.2. The lowest BCUT2D eigenvalue weighted by Crippen LogP contribution is -2.33. The minimum atomic E-state index is -0.0651. The Hall–Kier alpha value is -1.26. The summed E-state index contributed by atoms with van der Waals surface area (Å²) in [6.07, 6.45) is 2.69. The van der Waals surface area contributed by atoms with E-state index in [-0.39, 0.29) is 11.5 Å². The second-order valence-corrected chi connectivity index (χ2v) is 4.86. The first-order valence-electron chi connectivity index (χ1n) is 6.66. The molecule has 4 heteroatoms. The fourth-order valence-electron chi connectivity index (χ4n) is 2.17. The van der Waals surface area contributed by atoms with Gasteiger partial charge in [0.25, 0.3) is 0 Å². The van der Waals surface area contributed by atoms with E-state index in [4.69, 9.17) is 0 Å². The van der Waals surface area contributed by atoms with Crippen LogP contribution in [0, 0.1) is 0 Å². The third-order valence-corrected chi connectivity index (χ3v) is 3.41. The molecule has 0 heterocycles. The summed E-state index contributed by atoms with van der Waals surface area (Å²) in [5, 5.41) is 22.0. The van der Waals surface area contributed by atoms with Gasteiger partial charge in [0.05, 0.1) is 0 Å². The van der Waals surface area contributed by atoms with Crippen molar-refractivity contribution in [2.24, 2.45) is 0 Å².